The summed E-state index contributed by atoms with van der Waals surface area (Å²) in [6.07, 6.45) is 0. The van der Waals surface area contributed by atoms with E-state index in [9.17, 15) is 9.18 Å². The van der Waals surface area contributed by atoms with Crippen LogP contribution < -0.4 is 14.8 Å². The highest BCUT2D eigenvalue weighted by molar-refractivity contribution is 9.10. The number of anilines is 1. The van der Waals surface area contributed by atoms with Gasteiger partial charge in [0, 0.05) is 10.0 Å². The van der Waals surface area contributed by atoms with E-state index in [4.69, 9.17) is 21.1 Å². The molecular weight excluding hydrogens is 401 g/mol. The van der Waals surface area contributed by atoms with Crippen molar-refractivity contribution < 1.29 is 18.7 Å². The van der Waals surface area contributed by atoms with Crippen molar-refractivity contribution in [3.05, 3.63) is 51.2 Å². The third-order valence-corrected chi connectivity index (χ3v) is 3.81. The van der Waals surface area contributed by atoms with E-state index in [0.717, 1.165) is 0 Å². The lowest BCUT2D eigenvalue weighted by atomic mass is 10.1. The molecule has 0 saturated heterocycles. The second-order valence-corrected chi connectivity index (χ2v) is 6.05. The van der Waals surface area contributed by atoms with Crippen LogP contribution >= 0.6 is 27.5 Å². The van der Waals surface area contributed by atoms with Gasteiger partial charge in [0.2, 0.25) is 0 Å². The zero-order valence-corrected chi connectivity index (χ0v) is 15.5. The first-order valence-electron chi connectivity index (χ1n) is 7.31. The van der Waals surface area contributed by atoms with Gasteiger partial charge in [-0.1, -0.05) is 27.5 Å². The van der Waals surface area contributed by atoms with E-state index in [1.54, 1.807) is 6.07 Å². The third-order valence-electron chi connectivity index (χ3n) is 3.04. The highest BCUT2D eigenvalue weighted by atomic mass is 79.9. The molecule has 0 aliphatic carbocycles. The van der Waals surface area contributed by atoms with Gasteiger partial charge in [0.05, 0.1) is 23.9 Å². The van der Waals surface area contributed by atoms with Crippen molar-refractivity contribution >= 4 is 39.1 Å². The molecule has 128 valence electrons. The predicted octanol–water partition coefficient (Wildman–Crippen LogP) is 5.29. The van der Waals surface area contributed by atoms with Crippen LogP contribution in [-0.2, 0) is 0 Å². The number of carbonyl (C=O) groups excluding carboxylic acids is 1. The smallest absolute Gasteiger partial charge is 0.255 e. The van der Waals surface area contributed by atoms with Gasteiger partial charge in [0.15, 0.2) is 11.5 Å². The van der Waals surface area contributed by atoms with Crippen LogP contribution in [0.5, 0.6) is 11.5 Å². The van der Waals surface area contributed by atoms with E-state index in [1.807, 2.05) is 13.8 Å². The van der Waals surface area contributed by atoms with Crippen molar-refractivity contribution in [1.82, 2.24) is 0 Å². The molecule has 0 heterocycles. The van der Waals surface area contributed by atoms with Gasteiger partial charge in [-0.15, -0.1) is 0 Å². The first-order chi connectivity index (χ1) is 11.5. The summed E-state index contributed by atoms with van der Waals surface area (Å²) in [6.45, 7) is 4.44. The quantitative estimate of drug-likeness (QED) is 0.696. The second kappa shape index (κ2) is 8.35. The summed E-state index contributed by atoms with van der Waals surface area (Å²) in [4.78, 5) is 12.4. The number of carbonyl (C=O) groups is 1. The maximum Gasteiger partial charge on any atom is 0.255 e. The monoisotopic (exact) mass is 415 g/mol. The predicted molar refractivity (Wildman–Crippen MR) is 95.8 cm³/mol. The highest BCUT2D eigenvalue weighted by Gasteiger charge is 2.17. The summed E-state index contributed by atoms with van der Waals surface area (Å²) in [6, 6.07) is 7.35. The largest absolute Gasteiger partial charge is 0.490 e. The molecule has 0 aliphatic rings. The van der Waals surface area contributed by atoms with Gasteiger partial charge in [-0.3, -0.25) is 4.79 Å². The zero-order chi connectivity index (χ0) is 17.7. The average molecular weight is 417 g/mol. The van der Waals surface area contributed by atoms with E-state index in [0.29, 0.717) is 29.2 Å². The van der Waals surface area contributed by atoms with Crippen LogP contribution in [0.25, 0.3) is 0 Å². The highest BCUT2D eigenvalue weighted by Crippen LogP contribution is 2.37. The minimum atomic E-state index is -0.542. The zero-order valence-electron chi connectivity index (χ0n) is 13.2. The minimum absolute atomic E-state index is 0.0752. The number of rotatable bonds is 6. The van der Waals surface area contributed by atoms with Crippen LogP contribution in [0, 0.1) is 5.82 Å². The van der Waals surface area contributed by atoms with E-state index >= 15 is 0 Å². The summed E-state index contributed by atoms with van der Waals surface area (Å²) >= 11 is 9.35. The summed E-state index contributed by atoms with van der Waals surface area (Å²) < 4.78 is 25.4. The Morgan fingerprint density at radius 1 is 1.21 bits per heavy atom. The Kier molecular flexibility index (Phi) is 6.45. The molecule has 2 aromatic rings. The Labute approximate surface area is 153 Å². The fourth-order valence-electron chi connectivity index (χ4n) is 2.03. The first kappa shape index (κ1) is 18.5. The number of hydrogen-bond acceptors (Lipinski definition) is 3. The Balaban J connectivity index is 2.31. The molecule has 0 saturated carbocycles. The molecule has 1 amide bonds. The molecule has 0 aliphatic heterocycles. The van der Waals surface area contributed by atoms with Crippen LogP contribution in [0.15, 0.2) is 34.8 Å². The van der Waals surface area contributed by atoms with Gasteiger partial charge in [0.1, 0.15) is 5.82 Å². The molecule has 2 rings (SSSR count). The van der Waals surface area contributed by atoms with Crippen LogP contribution in [0.2, 0.25) is 5.02 Å². The molecule has 7 heteroatoms. The van der Waals surface area contributed by atoms with Crippen LogP contribution in [-0.4, -0.2) is 19.1 Å². The number of halogens is 3. The van der Waals surface area contributed by atoms with E-state index < -0.39 is 11.7 Å². The van der Waals surface area contributed by atoms with Gasteiger partial charge in [-0.25, -0.2) is 4.39 Å². The maximum atomic E-state index is 13.9. The number of ether oxygens (including phenoxy) is 2. The average Bonchev–Trinajstić information content (AvgIpc) is 2.53. The molecular formula is C17H16BrClFNO3. The maximum absolute atomic E-state index is 13.9. The molecule has 0 atom stereocenters. The van der Waals surface area contributed by atoms with Gasteiger partial charge in [-0.05, 0) is 44.2 Å². The topological polar surface area (TPSA) is 47.6 Å². The van der Waals surface area contributed by atoms with Crippen molar-refractivity contribution in [1.29, 1.82) is 0 Å². The molecule has 4 nitrogen and oxygen atoms in total. The summed E-state index contributed by atoms with van der Waals surface area (Å²) in [5.41, 5.74) is 0.320. The summed E-state index contributed by atoms with van der Waals surface area (Å²) in [5, 5.41) is 2.77. The molecule has 0 fully saturated rings. The van der Waals surface area contributed by atoms with Gasteiger partial charge < -0.3 is 14.8 Å². The molecule has 0 radical (unpaired) electrons. The van der Waals surface area contributed by atoms with Gasteiger partial charge in [-0.2, -0.15) is 0 Å². The Morgan fingerprint density at radius 3 is 2.54 bits per heavy atom. The standard InChI is InChI=1S/C17H16BrClFNO3/c1-3-23-15-8-10(7-12(19)16(15)24-4-2)17(22)21-14-6-5-11(18)9-13(14)20/h5-9H,3-4H2,1-2H3,(H,21,22). The van der Waals surface area contributed by atoms with E-state index in [1.165, 1.54) is 24.3 Å². The molecule has 0 unspecified atom stereocenters. The van der Waals surface area contributed by atoms with Crippen LogP contribution in [0.3, 0.4) is 0 Å². The van der Waals surface area contributed by atoms with Crippen molar-refractivity contribution in [3.8, 4) is 11.5 Å². The number of nitrogens with one attached hydrogen (secondary N) is 1. The molecule has 2 aromatic carbocycles. The Hall–Kier alpha value is -1.79. The second-order valence-electron chi connectivity index (χ2n) is 4.73. The number of amides is 1. The van der Waals surface area contributed by atoms with Crippen molar-refractivity contribution in [3.63, 3.8) is 0 Å². The molecule has 0 spiro atoms. The lowest BCUT2D eigenvalue weighted by molar-refractivity contribution is 0.102. The number of hydrogen-bond donors (Lipinski definition) is 1. The van der Waals surface area contributed by atoms with Crippen LogP contribution in [0.4, 0.5) is 10.1 Å². The normalized spacial score (nSPS) is 10.4. The molecule has 1 N–H and O–H groups in total. The lowest BCUT2D eigenvalue weighted by Gasteiger charge is -2.14. The summed E-state index contributed by atoms with van der Waals surface area (Å²) in [7, 11) is 0. The van der Waals surface area contributed by atoms with Crippen molar-refractivity contribution in [2.75, 3.05) is 18.5 Å². The van der Waals surface area contributed by atoms with Gasteiger partial charge in [0.25, 0.3) is 5.91 Å². The number of benzene rings is 2. The van der Waals surface area contributed by atoms with Crippen molar-refractivity contribution in [2.24, 2.45) is 0 Å². The van der Waals surface area contributed by atoms with E-state index in [-0.39, 0.29) is 16.3 Å². The SMILES string of the molecule is CCOc1cc(C(=O)Nc2ccc(Br)cc2F)cc(Cl)c1OCC. The molecule has 0 aromatic heterocycles. The lowest BCUT2D eigenvalue weighted by Crippen LogP contribution is -2.13. The molecule has 24 heavy (non-hydrogen) atoms. The third kappa shape index (κ3) is 4.39. The Morgan fingerprint density at radius 2 is 1.92 bits per heavy atom. The fraction of sp³-hybridized carbons (Fsp3) is 0.235. The van der Waals surface area contributed by atoms with E-state index in [2.05, 4.69) is 21.2 Å². The molecule has 0 bridgehead atoms. The fourth-order valence-corrected chi connectivity index (χ4v) is 2.63. The summed E-state index contributed by atoms with van der Waals surface area (Å²) in [5.74, 6) is -0.289. The minimum Gasteiger partial charge on any atom is -0.490 e. The first-order valence-corrected chi connectivity index (χ1v) is 8.48. The van der Waals surface area contributed by atoms with Crippen molar-refractivity contribution in [2.45, 2.75) is 13.8 Å². The van der Waals surface area contributed by atoms with Gasteiger partial charge >= 0.3 is 0 Å². The Bertz CT molecular complexity index is 755. The van der Waals surface area contributed by atoms with Crippen LogP contribution in [0.1, 0.15) is 24.2 Å².